The van der Waals surface area contributed by atoms with Gasteiger partial charge in [0, 0.05) is 18.7 Å². The smallest absolute Gasteiger partial charge is 0.124 e. The van der Waals surface area contributed by atoms with Crippen LogP contribution in [0, 0.1) is 5.82 Å². The Labute approximate surface area is 107 Å². The summed E-state index contributed by atoms with van der Waals surface area (Å²) in [6, 6.07) is 4.06. The lowest BCUT2D eigenvalue weighted by Gasteiger charge is -2.14. The normalized spacial score (nSPS) is 12.4. The maximum atomic E-state index is 13.1. The minimum atomic E-state index is -0.314. The standard InChI is InChI=1S/C13H20FNO3/c1-10(15)12-9-11(14)3-4-13(12)18-8-7-17-6-5-16-2/h3-4,9-10H,5-8,15H2,1-2H3/t10-/m1/s1. The maximum Gasteiger partial charge on any atom is 0.124 e. The van der Waals surface area contributed by atoms with Crippen LogP contribution >= 0.6 is 0 Å². The maximum absolute atomic E-state index is 13.1. The Morgan fingerprint density at radius 2 is 1.94 bits per heavy atom. The van der Waals surface area contributed by atoms with Crippen molar-refractivity contribution in [2.75, 3.05) is 33.5 Å². The fraction of sp³-hybridized carbons (Fsp3) is 0.538. The van der Waals surface area contributed by atoms with E-state index in [9.17, 15) is 4.39 Å². The molecule has 0 aliphatic heterocycles. The van der Waals surface area contributed by atoms with E-state index in [1.54, 1.807) is 20.1 Å². The Morgan fingerprint density at radius 3 is 2.61 bits per heavy atom. The Bertz CT molecular complexity index is 358. The highest BCUT2D eigenvalue weighted by Crippen LogP contribution is 2.24. The first-order valence-electron chi connectivity index (χ1n) is 5.89. The van der Waals surface area contributed by atoms with E-state index in [2.05, 4.69) is 0 Å². The average molecular weight is 257 g/mol. The highest BCUT2D eigenvalue weighted by atomic mass is 19.1. The zero-order chi connectivity index (χ0) is 13.4. The topological polar surface area (TPSA) is 53.7 Å². The molecule has 4 nitrogen and oxygen atoms in total. The van der Waals surface area contributed by atoms with Crippen LogP contribution in [-0.2, 0) is 9.47 Å². The third kappa shape index (κ3) is 5.00. The van der Waals surface area contributed by atoms with Crippen LogP contribution in [-0.4, -0.2) is 33.5 Å². The highest BCUT2D eigenvalue weighted by molar-refractivity contribution is 5.36. The van der Waals surface area contributed by atoms with E-state index in [4.69, 9.17) is 19.9 Å². The van der Waals surface area contributed by atoms with Crippen molar-refractivity contribution in [2.24, 2.45) is 5.73 Å². The molecule has 0 saturated carbocycles. The first kappa shape index (κ1) is 14.9. The van der Waals surface area contributed by atoms with Crippen molar-refractivity contribution in [1.82, 2.24) is 0 Å². The zero-order valence-corrected chi connectivity index (χ0v) is 10.8. The third-order valence-electron chi connectivity index (χ3n) is 2.38. The van der Waals surface area contributed by atoms with Gasteiger partial charge in [-0.25, -0.2) is 4.39 Å². The molecule has 1 atom stereocenters. The first-order chi connectivity index (χ1) is 8.65. The van der Waals surface area contributed by atoms with Gasteiger partial charge in [-0.2, -0.15) is 0 Å². The summed E-state index contributed by atoms with van der Waals surface area (Å²) in [6.07, 6.45) is 0. The first-order valence-corrected chi connectivity index (χ1v) is 5.89. The van der Waals surface area contributed by atoms with Gasteiger partial charge in [0.05, 0.1) is 19.8 Å². The molecule has 0 aliphatic carbocycles. The molecule has 1 rings (SSSR count). The predicted octanol–water partition coefficient (Wildman–Crippen LogP) is 1.89. The SMILES string of the molecule is COCCOCCOc1ccc(F)cc1[C@@H](C)N. The third-order valence-corrected chi connectivity index (χ3v) is 2.38. The van der Waals surface area contributed by atoms with Crippen LogP contribution in [0.3, 0.4) is 0 Å². The minimum Gasteiger partial charge on any atom is -0.491 e. The van der Waals surface area contributed by atoms with Crippen molar-refractivity contribution in [3.63, 3.8) is 0 Å². The number of hydrogen-bond acceptors (Lipinski definition) is 4. The molecule has 102 valence electrons. The van der Waals surface area contributed by atoms with Gasteiger partial charge in [-0.05, 0) is 25.1 Å². The largest absolute Gasteiger partial charge is 0.491 e. The Balaban J connectivity index is 2.42. The number of benzene rings is 1. The second-order valence-electron chi connectivity index (χ2n) is 3.92. The number of halogens is 1. The summed E-state index contributed by atoms with van der Waals surface area (Å²) in [7, 11) is 1.62. The monoisotopic (exact) mass is 257 g/mol. The van der Waals surface area contributed by atoms with Crippen molar-refractivity contribution in [1.29, 1.82) is 0 Å². The van der Waals surface area contributed by atoms with Crippen LogP contribution in [0.15, 0.2) is 18.2 Å². The molecule has 2 N–H and O–H groups in total. The van der Waals surface area contributed by atoms with E-state index < -0.39 is 0 Å². The van der Waals surface area contributed by atoms with Gasteiger partial charge in [0.1, 0.15) is 18.2 Å². The lowest BCUT2D eigenvalue weighted by Crippen LogP contribution is -2.13. The van der Waals surface area contributed by atoms with Crippen LogP contribution < -0.4 is 10.5 Å². The van der Waals surface area contributed by atoms with Gasteiger partial charge in [0.15, 0.2) is 0 Å². The quantitative estimate of drug-likeness (QED) is 0.722. The van der Waals surface area contributed by atoms with Crippen molar-refractivity contribution < 1.29 is 18.6 Å². The average Bonchev–Trinajstić information content (AvgIpc) is 2.35. The van der Waals surface area contributed by atoms with Gasteiger partial charge in [-0.15, -0.1) is 0 Å². The van der Waals surface area contributed by atoms with Crippen LogP contribution in [0.5, 0.6) is 5.75 Å². The van der Waals surface area contributed by atoms with Gasteiger partial charge < -0.3 is 19.9 Å². The minimum absolute atomic E-state index is 0.273. The molecule has 0 bridgehead atoms. The van der Waals surface area contributed by atoms with Gasteiger partial charge in [0.2, 0.25) is 0 Å². The summed E-state index contributed by atoms with van der Waals surface area (Å²) in [6.45, 7) is 3.73. The van der Waals surface area contributed by atoms with Crippen LogP contribution in [0.4, 0.5) is 4.39 Å². The zero-order valence-electron chi connectivity index (χ0n) is 10.8. The Morgan fingerprint density at radius 1 is 1.22 bits per heavy atom. The molecule has 1 aromatic rings. The summed E-state index contributed by atoms with van der Waals surface area (Å²) in [5.41, 5.74) is 6.42. The number of methoxy groups -OCH3 is 1. The van der Waals surface area contributed by atoms with Crippen LogP contribution in [0.1, 0.15) is 18.5 Å². The summed E-state index contributed by atoms with van der Waals surface area (Å²) >= 11 is 0. The number of ether oxygens (including phenoxy) is 3. The van der Waals surface area contributed by atoms with Crippen LogP contribution in [0.25, 0.3) is 0 Å². The number of rotatable bonds is 8. The van der Waals surface area contributed by atoms with E-state index in [1.807, 2.05) is 0 Å². The van der Waals surface area contributed by atoms with E-state index >= 15 is 0 Å². The van der Waals surface area contributed by atoms with Crippen molar-refractivity contribution in [2.45, 2.75) is 13.0 Å². The second-order valence-corrected chi connectivity index (χ2v) is 3.92. The molecule has 0 radical (unpaired) electrons. The molecule has 0 unspecified atom stereocenters. The summed E-state index contributed by atoms with van der Waals surface area (Å²) < 4.78 is 28.7. The Kier molecular flexibility index (Phi) is 6.64. The van der Waals surface area contributed by atoms with Crippen LogP contribution in [0.2, 0.25) is 0 Å². The van der Waals surface area contributed by atoms with E-state index in [-0.39, 0.29) is 11.9 Å². The molecule has 0 saturated heterocycles. The van der Waals surface area contributed by atoms with E-state index in [0.29, 0.717) is 37.7 Å². The fourth-order valence-electron chi connectivity index (χ4n) is 1.46. The van der Waals surface area contributed by atoms with Crippen molar-refractivity contribution in [3.05, 3.63) is 29.6 Å². The lowest BCUT2D eigenvalue weighted by atomic mass is 10.1. The van der Waals surface area contributed by atoms with Gasteiger partial charge in [0.25, 0.3) is 0 Å². The van der Waals surface area contributed by atoms with Gasteiger partial charge in [-0.1, -0.05) is 0 Å². The summed E-state index contributed by atoms with van der Waals surface area (Å²) in [5, 5.41) is 0. The molecular formula is C13H20FNO3. The lowest BCUT2D eigenvalue weighted by molar-refractivity contribution is 0.0542. The molecular weight excluding hydrogens is 237 g/mol. The van der Waals surface area contributed by atoms with E-state index in [1.165, 1.54) is 12.1 Å². The van der Waals surface area contributed by atoms with Gasteiger partial charge in [-0.3, -0.25) is 0 Å². The van der Waals surface area contributed by atoms with Crippen molar-refractivity contribution in [3.8, 4) is 5.75 Å². The highest BCUT2D eigenvalue weighted by Gasteiger charge is 2.09. The molecule has 0 spiro atoms. The summed E-state index contributed by atoms with van der Waals surface area (Å²) in [5.74, 6) is 0.285. The summed E-state index contributed by atoms with van der Waals surface area (Å²) in [4.78, 5) is 0. The molecule has 0 amide bonds. The van der Waals surface area contributed by atoms with Gasteiger partial charge >= 0.3 is 0 Å². The molecule has 18 heavy (non-hydrogen) atoms. The molecule has 0 aromatic heterocycles. The van der Waals surface area contributed by atoms with E-state index in [0.717, 1.165) is 0 Å². The molecule has 5 heteroatoms. The fourth-order valence-corrected chi connectivity index (χ4v) is 1.46. The number of hydrogen-bond donors (Lipinski definition) is 1. The predicted molar refractivity (Wildman–Crippen MR) is 67.2 cm³/mol. The van der Waals surface area contributed by atoms with Crippen molar-refractivity contribution >= 4 is 0 Å². The number of nitrogens with two attached hydrogens (primary N) is 1. The molecule has 1 aromatic carbocycles. The molecule has 0 aliphatic rings. The Hall–Kier alpha value is -1.17. The molecule has 0 fully saturated rings. The second kappa shape index (κ2) is 8.02. The molecule has 0 heterocycles.